The van der Waals surface area contributed by atoms with Crippen molar-refractivity contribution in [3.05, 3.63) is 29.8 Å². The summed E-state index contributed by atoms with van der Waals surface area (Å²) in [7, 11) is 0. The summed E-state index contributed by atoms with van der Waals surface area (Å²) in [6.45, 7) is 5.09. The molecule has 1 aromatic rings. The number of alkyl halides is 3. The van der Waals surface area contributed by atoms with Gasteiger partial charge in [-0.3, -0.25) is 4.79 Å². The fourth-order valence-corrected chi connectivity index (χ4v) is 4.24. The highest BCUT2D eigenvalue weighted by molar-refractivity contribution is 5.94. The third kappa shape index (κ3) is 7.16. The first-order valence-corrected chi connectivity index (χ1v) is 10.9. The van der Waals surface area contributed by atoms with Crippen molar-refractivity contribution in [2.24, 2.45) is 0 Å². The SMILES string of the molecule is O=C(c1ccc(OC(F)(F)F)cc1)N(CCCN1CCCCCC1)C1CCOCC1. The van der Waals surface area contributed by atoms with Crippen molar-refractivity contribution in [1.82, 2.24) is 9.80 Å². The molecule has 2 aliphatic heterocycles. The lowest BCUT2D eigenvalue weighted by molar-refractivity contribution is -0.274. The number of rotatable bonds is 7. The molecule has 2 heterocycles. The minimum atomic E-state index is -4.74. The molecule has 5 nitrogen and oxygen atoms in total. The standard InChI is InChI=1S/C22H31F3N2O3/c23-22(24,25)30-20-8-6-18(7-9-20)21(28)27(19-10-16-29-17-11-19)15-5-14-26-12-3-1-2-4-13-26/h6-9,19H,1-5,10-17H2. The third-order valence-corrected chi connectivity index (χ3v) is 5.80. The van der Waals surface area contributed by atoms with Crippen LogP contribution in [0.1, 0.15) is 55.3 Å². The topological polar surface area (TPSA) is 42.0 Å². The van der Waals surface area contributed by atoms with E-state index in [9.17, 15) is 18.0 Å². The number of ether oxygens (including phenoxy) is 2. The van der Waals surface area contributed by atoms with Crippen LogP contribution >= 0.6 is 0 Å². The third-order valence-electron chi connectivity index (χ3n) is 5.80. The molecule has 0 aromatic heterocycles. The highest BCUT2D eigenvalue weighted by Gasteiger charge is 2.31. The van der Waals surface area contributed by atoms with E-state index >= 15 is 0 Å². The monoisotopic (exact) mass is 428 g/mol. The number of hydrogen-bond donors (Lipinski definition) is 0. The Morgan fingerprint density at radius 1 is 1.07 bits per heavy atom. The Kier molecular flexibility index (Phi) is 8.39. The summed E-state index contributed by atoms with van der Waals surface area (Å²) in [6, 6.07) is 5.30. The predicted molar refractivity (Wildman–Crippen MR) is 108 cm³/mol. The van der Waals surface area contributed by atoms with E-state index in [1.807, 2.05) is 4.90 Å². The Labute approximate surface area is 176 Å². The Morgan fingerprint density at radius 3 is 2.30 bits per heavy atom. The molecule has 0 spiro atoms. The highest BCUT2D eigenvalue weighted by atomic mass is 19.4. The van der Waals surface area contributed by atoms with Gasteiger partial charge in [0, 0.05) is 31.4 Å². The van der Waals surface area contributed by atoms with Gasteiger partial charge < -0.3 is 19.3 Å². The van der Waals surface area contributed by atoms with E-state index in [1.54, 1.807) is 0 Å². The van der Waals surface area contributed by atoms with Gasteiger partial charge in [-0.05, 0) is 76.0 Å². The van der Waals surface area contributed by atoms with Crippen molar-refractivity contribution in [3.63, 3.8) is 0 Å². The molecule has 1 amide bonds. The Hall–Kier alpha value is -1.80. The van der Waals surface area contributed by atoms with E-state index in [0.717, 1.165) is 38.9 Å². The molecule has 168 valence electrons. The van der Waals surface area contributed by atoms with E-state index in [-0.39, 0.29) is 17.7 Å². The van der Waals surface area contributed by atoms with Crippen molar-refractivity contribution in [3.8, 4) is 5.75 Å². The van der Waals surface area contributed by atoms with E-state index in [0.29, 0.717) is 25.3 Å². The number of benzene rings is 1. The molecule has 30 heavy (non-hydrogen) atoms. The highest BCUT2D eigenvalue weighted by Crippen LogP contribution is 2.24. The molecule has 0 N–H and O–H groups in total. The van der Waals surface area contributed by atoms with Crippen molar-refractivity contribution >= 4 is 5.91 Å². The minimum absolute atomic E-state index is 0.0986. The van der Waals surface area contributed by atoms with Gasteiger partial charge in [-0.15, -0.1) is 13.2 Å². The number of halogens is 3. The first-order chi connectivity index (χ1) is 14.4. The summed E-state index contributed by atoms with van der Waals surface area (Å²) in [5.74, 6) is -0.464. The maximum atomic E-state index is 13.2. The molecule has 2 saturated heterocycles. The van der Waals surface area contributed by atoms with Crippen LogP contribution in [0.2, 0.25) is 0 Å². The van der Waals surface area contributed by atoms with E-state index in [4.69, 9.17) is 4.74 Å². The van der Waals surface area contributed by atoms with Gasteiger partial charge in [0.05, 0.1) is 0 Å². The fraction of sp³-hybridized carbons (Fsp3) is 0.682. The molecule has 2 aliphatic rings. The fourth-order valence-electron chi connectivity index (χ4n) is 4.24. The molecule has 0 bridgehead atoms. The number of nitrogens with zero attached hydrogens (tertiary/aromatic N) is 2. The number of carbonyl (C=O) groups is 1. The largest absolute Gasteiger partial charge is 0.573 e. The van der Waals surface area contributed by atoms with Gasteiger partial charge in [0.1, 0.15) is 5.75 Å². The van der Waals surface area contributed by atoms with Crippen LogP contribution < -0.4 is 4.74 Å². The van der Waals surface area contributed by atoms with Gasteiger partial charge in [-0.1, -0.05) is 12.8 Å². The van der Waals surface area contributed by atoms with E-state index < -0.39 is 6.36 Å². The molecular weight excluding hydrogens is 397 g/mol. The summed E-state index contributed by atoms with van der Waals surface area (Å²) in [4.78, 5) is 17.6. The Morgan fingerprint density at radius 2 is 1.70 bits per heavy atom. The normalized spacial score (nSPS) is 19.3. The maximum Gasteiger partial charge on any atom is 0.573 e. The predicted octanol–water partition coefficient (Wildman–Crippen LogP) is 4.47. The van der Waals surface area contributed by atoms with Gasteiger partial charge >= 0.3 is 6.36 Å². The zero-order valence-electron chi connectivity index (χ0n) is 17.3. The lowest BCUT2D eigenvalue weighted by Gasteiger charge is -2.35. The van der Waals surface area contributed by atoms with Gasteiger partial charge in [0.2, 0.25) is 0 Å². The van der Waals surface area contributed by atoms with Crippen molar-refractivity contribution < 1.29 is 27.4 Å². The number of amides is 1. The van der Waals surface area contributed by atoms with Gasteiger partial charge in [-0.2, -0.15) is 0 Å². The van der Waals surface area contributed by atoms with Crippen LogP contribution in [0, 0.1) is 0 Å². The van der Waals surface area contributed by atoms with Crippen molar-refractivity contribution in [1.29, 1.82) is 0 Å². The molecular formula is C22H31F3N2O3. The van der Waals surface area contributed by atoms with Crippen LogP contribution in [-0.2, 0) is 4.74 Å². The van der Waals surface area contributed by atoms with Gasteiger partial charge in [-0.25, -0.2) is 0 Å². The summed E-state index contributed by atoms with van der Waals surface area (Å²) in [6.07, 6.45) is 2.75. The number of carbonyl (C=O) groups excluding carboxylic acids is 1. The Balaban J connectivity index is 1.62. The molecule has 0 aliphatic carbocycles. The smallest absolute Gasteiger partial charge is 0.406 e. The minimum Gasteiger partial charge on any atom is -0.406 e. The second kappa shape index (κ2) is 11.0. The van der Waals surface area contributed by atoms with Crippen molar-refractivity contribution in [2.75, 3.05) is 39.4 Å². The van der Waals surface area contributed by atoms with Gasteiger partial charge in [0.25, 0.3) is 5.91 Å². The molecule has 1 aromatic carbocycles. The van der Waals surface area contributed by atoms with Crippen LogP contribution in [-0.4, -0.2) is 67.5 Å². The molecule has 0 unspecified atom stereocenters. The first-order valence-electron chi connectivity index (χ1n) is 10.9. The quantitative estimate of drug-likeness (QED) is 0.643. The molecule has 2 fully saturated rings. The number of hydrogen-bond acceptors (Lipinski definition) is 4. The maximum absolute atomic E-state index is 13.2. The lowest BCUT2D eigenvalue weighted by atomic mass is 10.0. The van der Waals surface area contributed by atoms with Crippen LogP contribution in [0.4, 0.5) is 13.2 Å². The van der Waals surface area contributed by atoms with Crippen LogP contribution in [0.5, 0.6) is 5.75 Å². The summed E-state index contributed by atoms with van der Waals surface area (Å²) < 4.78 is 46.5. The summed E-state index contributed by atoms with van der Waals surface area (Å²) in [5, 5.41) is 0. The van der Waals surface area contributed by atoms with E-state index in [2.05, 4.69) is 9.64 Å². The molecule has 0 atom stereocenters. The second-order valence-electron chi connectivity index (χ2n) is 8.02. The second-order valence-corrected chi connectivity index (χ2v) is 8.02. The zero-order valence-corrected chi connectivity index (χ0v) is 17.3. The zero-order chi connectivity index (χ0) is 21.4. The molecule has 0 saturated carbocycles. The van der Waals surface area contributed by atoms with Crippen molar-refractivity contribution in [2.45, 2.75) is 57.3 Å². The molecule has 0 radical (unpaired) electrons. The van der Waals surface area contributed by atoms with Gasteiger partial charge in [0.15, 0.2) is 0 Å². The first kappa shape index (κ1) is 22.9. The average Bonchev–Trinajstić information content (AvgIpc) is 3.00. The van der Waals surface area contributed by atoms with E-state index in [1.165, 1.54) is 49.9 Å². The summed E-state index contributed by atoms with van der Waals surface area (Å²) in [5.41, 5.74) is 0.380. The van der Waals surface area contributed by atoms with Crippen LogP contribution in [0.25, 0.3) is 0 Å². The van der Waals surface area contributed by atoms with Crippen LogP contribution in [0.15, 0.2) is 24.3 Å². The molecule has 8 heteroatoms. The lowest BCUT2D eigenvalue weighted by Crippen LogP contribution is -2.44. The summed E-state index contributed by atoms with van der Waals surface area (Å²) >= 11 is 0. The average molecular weight is 428 g/mol. The van der Waals surface area contributed by atoms with Crippen LogP contribution in [0.3, 0.4) is 0 Å². The molecule has 3 rings (SSSR count). The number of likely N-dealkylation sites (tertiary alicyclic amines) is 1. The Bertz CT molecular complexity index is 653.